The molecule has 1 saturated heterocycles. The third-order valence-corrected chi connectivity index (χ3v) is 4.19. The van der Waals surface area contributed by atoms with Crippen LogP contribution in [0, 0.1) is 0 Å². The van der Waals surface area contributed by atoms with Crippen molar-refractivity contribution >= 4 is 23.5 Å². The molecule has 1 aromatic rings. The highest BCUT2D eigenvalue weighted by atomic mass is 16.7. The maximum atomic E-state index is 12.0. The monoisotopic (exact) mass is 428 g/mol. The number of carbonyl (C=O) groups excluding carboxylic acids is 2. The predicted octanol–water partition coefficient (Wildman–Crippen LogP) is -1.69. The van der Waals surface area contributed by atoms with Crippen LogP contribution in [0.1, 0.15) is 18.9 Å². The molecular weight excluding hydrogens is 404 g/mol. The number of benzene rings is 1. The first-order valence-electron chi connectivity index (χ1n) is 8.99. The molecule has 0 spiro atoms. The number of ether oxygens (including phenoxy) is 3. The number of carboxylic acids is 1. The summed E-state index contributed by atoms with van der Waals surface area (Å²) >= 11 is 0. The van der Waals surface area contributed by atoms with E-state index in [-0.39, 0.29) is 31.0 Å². The number of aliphatic hydroxyl groups is 3. The molecule has 1 heterocycles. The lowest BCUT2D eigenvalue weighted by Gasteiger charge is -2.38. The Bertz CT molecular complexity index is 786. The number of aliphatic carboxylic acids is 1. The van der Waals surface area contributed by atoms with Crippen molar-refractivity contribution in [3.8, 4) is 5.75 Å². The Morgan fingerprint density at radius 3 is 2.47 bits per heavy atom. The smallest absolute Gasteiger partial charge is 0.335 e. The SMILES string of the molecule is CC(=O)OCc1ccc(O[C@@H]2O[C@H](C(=O)O)[C@@H](O)[C@H](O)[C@H]2O)c(NC(=O)CCN)c1. The molecule has 1 aliphatic rings. The molecule has 0 aliphatic carbocycles. The summed E-state index contributed by atoms with van der Waals surface area (Å²) in [5.41, 5.74) is 5.98. The van der Waals surface area contributed by atoms with E-state index >= 15 is 0 Å². The lowest BCUT2D eigenvalue weighted by atomic mass is 9.99. The number of aliphatic hydroxyl groups excluding tert-OH is 3. The normalized spacial score (nSPS) is 26.0. The largest absolute Gasteiger partial charge is 0.479 e. The van der Waals surface area contributed by atoms with E-state index in [1.54, 1.807) is 0 Å². The number of nitrogens with two attached hydrogens (primary N) is 1. The van der Waals surface area contributed by atoms with E-state index in [4.69, 9.17) is 25.1 Å². The fourth-order valence-electron chi connectivity index (χ4n) is 2.67. The number of carbonyl (C=O) groups is 3. The molecule has 1 aliphatic heterocycles. The lowest BCUT2D eigenvalue weighted by molar-refractivity contribution is -0.271. The summed E-state index contributed by atoms with van der Waals surface area (Å²) in [6, 6.07) is 4.33. The van der Waals surface area contributed by atoms with Crippen LogP contribution >= 0.6 is 0 Å². The lowest BCUT2D eigenvalue weighted by Crippen LogP contribution is -2.61. The first-order valence-corrected chi connectivity index (χ1v) is 8.99. The summed E-state index contributed by atoms with van der Waals surface area (Å²) in [6.07, 6.45) is -8.98. The maximum Gasteiger partial charge on any atom is 0.335 e. The molecule has 0 aromatic heterocycles. The molecule has 166 valence electrons. The zero-order valence-corrected chi connectivity index (χ0v) is 16.1. The van der Waals surface area contributed by atoms with Crippen molar-refractivity contribution < 1.29 is 49.0 Å². The summed E-state index contributed by atoms with van der Waals surface area (Å²) in [4.78, 5) is 34.2. The number of carboxylic acid groups (broad SMARTS) is 1. The van der Waals surface area contributed by atoms with Gasteiger partial charge in [0.1, 0.15) is 30.7 Å². The average molecular weight is 428 g/mol. The molecule has 12 nitrogen and oxygen atoms in total. The standard InChI is InChI=1S/C18H24N2O10/c1-8(21)28-7-9-2-3-11(10(6-9)20-12(22)4-5-19)29-18-15(25)13(23)14(24)16(30-18)17(26)27/h2-3,6,13-16,18,23-25H,4-5,7,19H2,1H3,(H,20,22)(H,26,27)/t13-,14-,15+,16-,18+/m0/s1. The van der Waals surface area contributed by atoms with Crippen molar-refractivity contribution in [3.63, 3.8) is 0 Å². The molecule has 0 unspecified atom stereocenters. The third-order valence-electron chi connectivity index (χ3n) is 4.19. The molecule has 30 heavy (non-hydrogen) atoms. The molecule has 0 bridgehead atoms. The molecular formula is C18H24N2O10. The van der Waals surface area contributed by atoms with Gasteiger partial charge >= 0.3 is 11.9 Å². The van der Waals surface area contributed by atoms with Gasteiger partial charge in [0.05, 0.1) is 5.69 Å². The quantitative estimate of drug-likeness (QED) is 0.258. The predicted molar refractivity (Wildman–Crippen MR) is 99.2 cm³/mol. The number of nitrogens with one attached hydrogen (secondary N) is 1. The van der Waals surface area contributed by atoms with Crippen LogP contribution in [0.4, 0.5) is 5.69 Å². The molecule has 1 fully saturated rings. The number of esters is 1. The van der Waals surface area contributed by atoms with Crippen molar-refractivity contribution in [1.82, 2.24) is 0 Å². The van der Waals surface area contributed by atoms with Crippen LogP contribution in [0.25, 0.3) is 0 Å². The van der Waals surface area contributed by atoms with Crippen molar-refractivity contribution in [3.05, 3.63) is 23.8 Å². The highest BCUT2D eigenvalue weighted by molar-refractivity contribution is 5.92. The van der Waals surface area contributed by atoms with Gasteiger partial charge in [-0.3, -0.25) is 9.59 Å². The molecule has 1 aromatic carbocycles. The van der Waals surface area contributed by atoms with Crippen molar-refractivity contribution in [2.75, 3.05) is 11.9 Å². The van der Waals surface area contributed by atoms with Gasteiger partial charge in [-0.2, -0.15) is 0 Å². The Morgan fingerprint density at radius 2 is 1.87 bits per heavy atom. The Hall–Kier alpha value is -2.77. The Balaban J connectivity index is 2.28. The molecule has 7 N–H and O–H groups in total. The summed E-state index contributed by atoms with van der Waals surface area (Å²) in [5.74, 6) is -2.54. The first kappa shape index (κ1) is 23.5. The van der Waals surface area contributed by atoms with Crippen molar-refractivity contribution in [1.29, 1.82) is 0 Å². The zero-order chi connectivity index (χ0) is 22.4. The summed E-state index contributed by atoms with van der Waals surface area (Å²) in [5, 5.41) is 41.4. The minimum atomic E-state index is -1.87. The second-order valence-electron chi connectivity index (χ2n) is 6.55. The zero-order valence-electron chi connectivity index (χ0n) is 16.1. The fourth-order valence-corrected chi connectivity index (χ4v) is 2.67. The van der Waals surface area contributed by atoms with E-state index in [1.165, 1.54) is 25.1 Å². The van der Waals surface area contributed by atoms with Crippen LogP contribution in [0.15, 0.2) is 18.2 Å². The number of hydrogen-bond donors (Lipinski definition) is 6. The van der Waals surface area contributed by atoms with E-state index in [2.05, 4.69) is 5.32 Å². The molecule has 5 atom stereocenters. The summed E-state index contributed by atoms with van der Waals surface area (Å²) in [7, 11) is 0. The van der Waals surface area contributed by atoms with Crippen molar-refractivity contribution in [2.24, 2.45) is 5.73 Å². The van der Waals surface area contributed by atoms with Gasteiger partial charge < -0.3 is 45.7 Å². The van der Waals surface area contributed by atoms with Crippen LogP contribution < -0.4 is 15.8 Å². The number of amides is 1. The van der Waals surface area contributed by atoms with E-state index in [1.807, 2.05) is 0 Å². The van der Waals surface area contributed by atoms with Gasteiger partial charge in [0, 0.05) is 19.9 Å². The Labute approximate surface area is 171 Å². The highest BCUT2D eigenvalue weighted by Crippen LogP contribution is 2.31. The topological polar surface area (TPSA) is 198 Å². The van der Waals surface area contributed by atoms with E-state index < -0.39 is 48.6 Å². The molecule has 0 radical (unpaired) electrons. The maximum absolute atomic E-state index is 12.0. The van der Waals surface area contributed by atoms with Gasteiger partial charge in [-0.25, -0.2) is 4.79 Å². The van der Waals surface area contributed by atoms with E-state index in [0.29, 0.717) is 5.56 Å². The molecule has 2 rings (SSSR count). The van der Waals surface area contributed by atoms with Gasteiger partial charge in [-0.05, 0) is 17.7 Å². The number of anilines is 1. The Morgan fingerprint density at radius 1 is 1.17 bits per heavy atom. The average Bonchev–Trinajstić information content (AvgIpc) is 2.68. The minimum Gasteiger partial charge on any atom is -0.479 e. The number of hydrogen-bond acceptors (Lipinski definition) is 10. The van der Waals surface area contributed by atoms with Gasteiger partial charge in [0.15, 0.2) is 6.10 Å². The van der Waals surface area contributed by atoms with Crippen LogP contribution in [-0.2, 0) is 30.5 Å². The van der Waals surface area contributed by atoms with Gasteiger partial charge in [-0.15, -0.1) is 0 Å². The van der Waals surface area contributed by atoms with Gasteiger partial charge in [-0.1, -0.05) is 6.07 Å². The van der Waals surface area contributed by atoms with Gasteiger partial charge in [0.25, 0.3) is 0 Å². The van der Waals surface area contributed by atoms with Crippen LogP contribution in [0.2, 0.25) is 0 Å². The first-order chi connectivity index (χ1) is 14.1. The Kier molecular flexibility index (Phi) is 8.08. The molecule has 1 amide bonds. The summed E-state index contributed by atoms with van der Waals surface area (Å²) in [6.45, 7) is 1.25. The molecule has 12 heteroatoms. The van der Waals surface area contributed by atoms with E-state index in [9.17, 15) is 29.7 Å². The highest BCUT2D eigenvalue weighted by Gasteiger charge is 2.48. The third kappa shape index (κ3) is 5.87. The fraction of sp³-hybridized carbons (Fsp3) is 0.500. The second kappa shape index (κ2) is 10.3. The second-order valence-corrected chi connectivity index (χ2v) is 6.55. The molecule has 0 saturated carbocycles. The van der Waals surface area contributed by atoms with Crippen LogP contribution in [0.5, 0.6) is 5.75 Å². The van der Waals surface area contributed by atoms with Crippen LogP contribution in [-0.4, -0.2) is 75.5 Å². The minimum absolute atomic E-state index is 0.00214. The van der Waals surface area contributed by atoms with E-state index in [0.717, 1.165) is 0 Å². The van der Waals surface area contributed by atoms with Gasteiger partial charge in [0.2, 0.25) is 12.2 Å². The summed E-state index contributed by atoms with van der Waals surface area (Å²) < 4.78 is 15.5. The van der Waals surface area contributed by atoms with Crippen LogP contribution in [0.3, 0.4) is 0 Å². The van der Waals surface area contributed by atoms with Crippen molar-refractivity contribution in [2.45, 2.75) is 50.7 Å². The number of rotatable bonds is 8.